The lowest BCUT2D eigenvalue weighted by Crippen LogP contribution is -2.35. The van der Waals surface area contributed by atoms with Crippen molar-refractivity contribution in [2.24, 2.45) is 5.92 Å². The number of sulfone groups is 1. The van der Waals surface area contributed by atoms with Crippen LogP contribution in [0.15, 0.2) is 65.8 Å². The van der Waals surface area contributed by atoms with Crippen molar-refractivity contribution in [2.45, 2.75) is 43.4 Å². The summed E-state index contributed by atoms with van der Waals surface area (Å²) in [7, 11) is -3.53. The summed E-state index contributed by atoms with van der Waals surface area (Å²) in [4.78, 5) is 36.5. The van der Waals surface area contributed by atoms with E-state index in [4.69, 9.17) is 11.6 Å². The minimum atomic E-state index is -3.53. The van der Waals surface area contributed by atoms with Crippen LogP contribution in [0.2, 0.25) is 5.02 Å². The zero-order valence-corrected chi connectivity index (χ0v) is 23.0. The van der Waals surface area contributed by atoms with E-state index in [0.717, 1.165) is 24.8 Å². The molecule has 38 heavy (non-hydrogen) atoms. The minimum Gasteiger partial charge on any atom is -0.355 e. The van der Waals surface area contributed by atoms with Gasteiger partial charge in [0, 0.05) is 66.8 Å². The number of ketones is 1. The third kappa shape index (κ3) is 7.17. The molecule has 8 nitrogen and oxygen atoms in total. The fourth-order valence-corrected chi connectivity index (χ4v) is 5.44. The van der Waals surface area contributed by atoms with E-state index < -0.39 is 15.7 Å². The smallest absolute Gasteiger partial charge is 0.255 e. The highest BCUT2D eigenvalue weighted by Gasteiger charge is 2.26. The zero-order valence-electron chi connectivity index (χ0n) is 21.4. The summed E-state index contributed by atoms with van der Waals surface area (Å²) in [6, 6.07) is 13.7. The number of nitrogens with zero attached hydrogens (tertiary/aromatic N) is 3. The van der Waals surface area contributed by atoms with Crippen LogP contribution in [0.25, 0.3) is 0 Å². The van der Waals surface area contributed by atoms with Crippen molar-refractivity contribution in [1.82, 2.24) is 9.97 Å². The Bertz CT molecular complexity index is 1410. The number of carbonyl (C=O) groups is 2. The number of anilines is 2. The molecule has 1 unspecified atom stereocenters. The number of pyridine rings is 2. The number of piperidine rings is 1. The molecule has 0 saturated carbocycles. The molecule has 1 saturated heterocycles. The Morgan fingerprint density at radius 2 is 1.87 bits per heavy atom. The van der Waals surface area contributed by atoms with Gasteiger partial charge in [-0.3, -0.25) is 14.6 Å². The third-order valence-corrected chi connectivity index (χ3v) is 8.08. The van der Waals surface area contributed by atoms with Gasteiger partial charge in [-0.05, 0) is 55.2 Å². The summed E-state index contributed by atoms with van der Waals surface area (Å²) in [5.41, 5.74) is 1.59. The highest BCUT2D eigenvalue weighted by molar-refractivity contribution is 7.90. The van der Waals surface area contributed by atoms with Gasteiger partial charge in [-0.2, -0.15) is 0 Å². The molecule has 200 valence electrons. The van der Waals surface area contributed by atoms with Crippen molar-refractivity contribution in [2.75, 3.05) is 29.6 Å². The molecule has 1 aliphatic rings. The van der Waals surface area contributed by atoms with Gasteiger partial charge in [0.15, 0.2) is 15.7 Å². The van der Waals surface area contributed by atoms with Gasteiger partial charge in [0.1, 0.15) is 5.78 Å². The van der Waals surface area contributed by atoms with Crippen molar-refractivity contribution in [1.29, 1.82) is 0 Å². The number of Topliss-reactive ketones (excluding diaryl/α,β-unsaturated/α-hetero) is 1. The van der Waals surface area contributed by atoms with Gasteiger partial charge < -0.3 is 10.2 Å². The number of aromatic nitrogens is 2. The quantitative estimate of drug-likeness (QED) is 0.389. The summed E-state index contributed by atoms with van der Waals surface area (Å²) in [5, 5.41) is 3.24. The topological polar surface area (TPSA) is 109 Å². The number of amides is 1. The molecule has 1 aliphatic heterocycles. The molecule has 0 aliphatic carbocycles. The van der Waals surface area contributed by atoms with E-state index in [9.17, 15) is 18.0 Å². The van der Waals surface area contributed by atoms with Crippen LogP contribution in [0.5, 0.6) is 0 Å². The van der Waals surface area contributed by atoms with Crippen molar-refractivity contribution in [3.63, 3.8) is 0 Å². The lowest BCUT2D eigenvalue weighted by molar-refractivity contribution is -0.120. The van der Waals surface area contributed by atoms with Crippen LogP contribution < -0.4 is 10.2 Å². The van der Waals surface area contributed by atoms with Crippen LogP contribution in [0.3, 0.4) is 0 Å². The SMILES string of the molecule is CC(CC(=O)CC1CCN(c2ncc(S(C)(=O)=O)cc2NC(=O)c2cccc(Cl)c2)CC1)c1ccccn1. The van der Waals surface area contributed by atoms with Crippen LogP contribution in [-0.4, -0.2) is 49.4 Å². The molecule has 4 rings (SSSR count). The van der Waals surface area contributed by atoms with Gasteiger partial charge >= 0.3 is 0 Å². The highest BCUT2D eigenvalue weighted by Crippen LogP contribution is 2.32. The number of benzene rings is 1. The maximum Gasteiger partial charge on any atom is 0.255 e. The Balaban J connectivity index is 1.43. The number of nitrogens with one attached hydrogen (secondary N) is 1. The van der Waals surface area contributed by atoms with Crippen LogP contribution in [0.4, 0.5) is 11.5 Å². The first-order valence-corrected chi connectivity index (χ1v) is 14.8. The number of carbonyl (C=O) groups excluding carboxylic acids is 2. The Morgan fingerprint density at radius 1 is 1.11 bits per heavy atom. The predicted octanol–water partition coefficient (Wildman–Crippen LogP) is 5.16. The molecular weight excluding hydrogens is 524 g/mol. The van der Waals surface area contributed by atoms with Crippen molar-refractivity contribution < 1.29 is 18.0 Å². The monoisotopic (exact) mass is 554 g/mol. The van der Waals surface area contributed by atoms with Crippen LogP contribution in [0, 0.1) is 5.92 Å². The van der Waals surface area contributed by atoms with E-state index in [1.165, 1.54) is 12.3 Å². The van der Waals surface area contributed by atoms with Gasteiger partial charge in [-0.15, -0.1) is 0 Å². The molecule has 1 amide bonds. The summed E-state index contributed by atoms with van der Waals surface area (Å²) >= 11 is 6.03. The summed E-state index contributed by atoms with van der Waals surface area (Å²) < 4.78 is 24.3. The fourth-order valence-electron chi connectivity index (χ4n) is 4.68. The predicted molar refractivity (Wildman–Crippen MR) is 149 cm³/mol. The maximum atomic E-state index is 12.9. The van der Waals surface area contributed by atoms with E-state index in [0.29, 0.717) is 48.0 Å². The molecule has 1 atom stereocenters. The third-order valence-electron chi connectivity index (χ3n) is 6.76. The molecule has 0 spiro atoms. The average Bonchev–Trinajstić information content (AvgIpc) is 2.89. The van der Waals surface area contributed by atoms with E-state index in [1.54, 1.807) is 30.5 Å². The second-order valence-electron chi connectivity index (χ2n) is 9.81. The van der Waals surface area contributed by atoms with Gasteiger partial charge in [0.2, 0.25) is 0 Å². The number of hydrogen-bond acceptors (Lipinski definition) is 7. The lowest BCUT2D eigenvalue weighted by atomic mass is 9.88. The number of rotatable bonds is 9. The average molecular weight is 555 g/mol. The Labute approximate surface area is 228 Å². The van der Waals surface area contributed by atoms with Gasteiger partial charge in [0.05, 0.1) is 10.6 Å². The maximum absolute atomic E-state index is 12.9. The van der Waals surface area contributed by atoms with E-state index in [-0.39, 0.29) is 22.5 Å². The fraction of sp³-hybridized carbons (Fsp3) is 0.357. The molecule has 2 aromatic heterocycles. The van der Waals surface area contributed by atoms with E-state index in [1.807, 2.05) is 30.0 Å². The zero-order chi connectivity index (χ0) is 27.3. The van der Waals surface area contributed by atoms with Crippen molar-refractivity contribution >= 4 is 44.6 Å². The standard InChI is InChI=1S/C28H31ClN4O4S/c1-19(25-8-3-4-11-30-25)14-23(34)15-20-9-12-33(13-10-20)27-26(17-24(18-31-27)38(2,36)37)32-28(35)21-6-5-7-22(29)16-21/h3-8,11,16-20H,9-10,12-15H2,1-2H3,(H,32,35). The van der Waals surface area contributed by atoms with E-state index >= 15 is 0 Å². The molecule has 1 N–H and O–H groups in total. The van der Waals surface area contributed by atoms with Crippen LogP contribution in [-0.2, 0) is 14.6 Å². The Kier molecular flexibility index (Phi) is 8.79. The lowest BCUT2D eigenvalue weighted by Gasteiger charge is -2.33. The summed E-state index contributed by atoms with van der Waals surface area (Å²) in [6.45, 7) is 3.30. The molecule has 1 aromatic carbocycles. The second kappa shape index (κ2) is 12.0. The first kappa shape index (κ1) is 27.7. The molecular formula is C28H31ClN4O4S. The van der Waals surface area contributed by atoms with Crippen LogP contribution >= 0.6 is 11.6 Å². The summed E-state index contributed by atoms with van der Waals surface area (Å²) in [6.07, 6.45) is 6.73. The molecule has 1 fully saturated rings. The number of halogens is 1. The Morgan fingerprint density at radius 3 is 2.53 bits per heavy atom. The van der Waals surface area contributed by atoms with Gasteiger partial charge in [-0.1, -0.05) is 30.7 Å². The van der Waals surface area contributed by atoms with Crippen molar-refractivity contribution in [3.05, 3.63) is 77.2 Å². The Hall–Kier alpha value is -3.30. The first-order valence-electron chi connectivity index (χ1n) is 12.5. The van der Waals surface area contributed by atoms with Crippen molar-refractivity contribution in [3.8, 4) is 0 Å². The largest absolute Gasteiger partial charge is 0.355 e. The van der Waals surface area contributed by atoms with Crippen LogP contribution in [0.1, 0.15) is 54.6 Å². The van der Waals surface area contributed by atoms with Gasteiger partial charge in [-0.25, -0.2) is 13.4 Å². The molecule has 0 radical (unpaired) electrons. The summed E-state index contributed by atoms with van der Waals surface area (Å²) in [5.74, 6) is 0.651. The highest BCUT2D eigenvalue weighted by atomic mass is 35.5. The molecule has 3 heterocycles. The second-order valence-corrected chi connectivity index (χ2v) is 12.3. The van der Waals surface area contributed by atoms with Gasteiger partial charge in [0.25, 0.3) is 5.91 Å². The molecule has 0 bridgehead atoms. The normalized spacial score (nSPS) is 15.2. The first-order chi connectivity index (χ1) is 18.1. The molecule has 3 aromatic rings. The molecule has 10 heteroatoms. The van der Waals surface area contributed by atoms with E-state index in [2.05, 4.69) is 15.3 Å². The minimum absolute atomic E-state index is 0.0187. The number of hydrogen-bond donors (Lipinski definition) is 1.